The van der Waals surface area contributed by atoms with Gasteiger partial charge in [0.25, 0.3) is 5.56 Å². The molecule has 0 N–H and O–H groups in total. The molecular formula is C14H12Br2N2O2. The monoisotopic (exact) mass is 398 g/mol. The van der Waals surface area contributed by atoms with Crippen molar-refractivity contribution >= 4 is 31.9 Å². The van der Waals surface area contributed by atoms with E-state index in [-0.39, 0.29) is 11.5 Å². The molecule has 0 radical (unpaired) electrons. The van der Waals surface area contributed by atoms with E-state index in [1.165, 1.54) is 4.68 Å². The van der Waals surface area contributed by atoms with Gasteiger partial charge < -0.3 is 4.74 Å². The third-order valence-corrected chi connectivity index (χ3v) is 5.32. The van der Waals surface area contributed by atoms with Crippen molar-refractivity contribution in [2.45, 2.75) is 18.9 Å². The Morgan fingerprint density at radius 2 is 2.15 bits per heavy atom. The Labute approximate surface area is 133 Å². The third kappa shape index (κ3) is 2.54. The summed E-state index contributed by atoms with van der Waals surface area (Å²) in [6.07, 6.45) is 2.52. The van der Waals surface area contributed by atoms with Gasteiger partial charge in [-0.2, -0.15) is 5.10 Å². The topological polar surface area (TPSA) is 44.1 Å². The van der Waals surface area contributed by atoms with E-state index in [9.17, 15) is 4.79 Å². The molecule has 1 aromatic heterocycles. The summed E-state index contributed by atoms with van der Waals surface area (Å²) in [6, 6.07) is 7.98. The van der Waals surface area contributed by atoms with Gasteiger partial charge in [0.1, 0.15) is 10.2 Å². The highest BCUT2D eigenvalue weighted by Crippen LogP contribution is 2.34. The van der Waals surface area contributed by atoms with Gasteiger partial charge in [0.15, 0.2) is 0 Å². The number of hydrogen-bond donors (Lipinski definition) is 0. The maximum Gasteiger partial charge on any atom is 0.282 e. The van der Waals surface area contributed by atoms with Crippen LogP contribution in [0.1, 0.15) is 17.9 Å². The van der Waals surface area contributed by atoms with E-state index in [0.717, 1.165) is 17.7 Å². The largest absolute Gasteiger partial charge is 0.493 e. The molecule has 1 atom stereocenters. The highest BCUT2D eigenvalue weighted by Gasteiger charge is 2.22. The van der Waals surface area contributed by atoms with E-state index < -0.39 is 0 Å². The average Bonchev–Trinajstić information content (AvgIpc) is 2.48. The van der Waals surface area contributed by atoms with Gasteiger partial charge in [-0.25, -0.2) is 4.68 Å². The van der Waals surface area contributed by atoms with Crippen LogP contribution in [0.25, 0.3) is 0 Å². The van der Waals surface area contributed by atoms with Gasteiger partial charge in [0.2, 0.25) is 0 Å². The van der Waals surface area contributed by atoms with Gasteiger partial charge in [-0.1, -0.05) is 18.2 Å². The molecular weight excluding hydrogens is 388 g/mol. The van der Waals surface area contributed by atoms with Gasteiger partial charge in [0.05, 0.1) is 23.8 Å². The lowest BCUT2D eigenvalue weighted by Gasteiger charge is -2.25. The van der Waals surface area contributed by atoms with Crippen LogP contribution >= 0.6 is 31.9 Å². The molecule has 1 aromatic carbocycles. The number of fused-ring (bicyclic) bond motifs is 1. The first-order valence-electron chi connectivity index (χ1n) is 6.29. The minimum absolute atomic E-state index is 0.122. The van der Waals surface area contributed by atoms with Gasteiger partial charge in [-0.3, -0.25) is 4.79 Å². The van der Waals surface area contributed by atoms with Crippen LogP contribution in [0.15, 0.2) is 44.2 Å². The van der Waals surface area contributed by atoms with Crippen molar-refractivity contribution in [3.8, 4) is 5.75 Å². The maximum atomic E-state index is 12.2. The van der Waals surface area contributed by atoms with Gasteiger partial charge in [-0.05, 0) is 49.9 Å². The molecule has 4 nitrogen and oxygen atoms in total. The molecule has 1 unspecified atom stereocenters. The average molecular weight is 400 g/mol. The Morgan fingerprint density at radius 1 is 1.35 bits per heavy atom. The van der Waals surface area contributed by atoms with Crippen molar-refractivity contribution in [2.24, 2.45) is 0 Å². The van der Waals surface area contributed by atoms with Crippen molar-refractivity contribution in [2.75, 3.05) is 6.61 Å². The number of halogens is 2. The number of nitrogens with zero attached hydrogens (tertiary/aromatic N) is 2. The van der Waals surface area contributed by atoms with Crippen LogP contribution in [0, 0.1) is 0 Å². The van der Waals surface area contributed by atoms with E-state index in [1.54, 1.807) is 6.20 Å². The summed E-state index contributed by atoms with van der Waals surface area (Å²) in [6.45, 7) is 1.24. The van der Waals surface area contributed by atoms with Gasteiger partial charge >= 0.3 is 0 Å². The van der Waals surface area contributed by atoms with Gasteiger partial charge in [-0.15, -0.1) is 0 Å². The summed E-state index contributed by atoms with van der Waals surface area (Å²) in [5.74, 6) is 1.16. The van der Waals surface area contributed by atoms with Crippen molar-refractivity contribution < 1.29 is 4.74 Å². The van der Waals surface area contributed by atoms with Crippen LogP contribution in [-0.2, 0) is 6.54 Å². The van der Waals surface area contributed by atoms with E-state index >= 15 is 0 Å². The highest BCUT2D eigenvalue weighted by molar-refractivity contribution is 9.13. The third-order valence-electron chi connectivity index (χ3n) is 3.42. The smallest absolute Gasteiger partial charge is 0.282 e. The van der Waals surface area contributed by atoms with E-state index in [4.69, 9.17) is 4.74 Å². The zero-order chi connectivity index (χ0) is 14.1. The summed E-state index contributed by atoms with van der Waals surface area (Å²) in [5, 5.41) is 4.19. The minimum atomic E-state index is -0.122. The van der Waals surface area contributed by atoms with Crippen molar-refractivity contribution in [3.05, 3.63) is 55.3 Å². The molecule has 0 spiro atoms. The maximum absolute atomic E-state index is 12.2. The Kier molecular flexibility index (Phi) is 3.94. The molecule has 6 heteroatoms. The highest BCUT2D eigenvalue weighted by atomic mass is 79.9. The Hall–Kier alpha value is -1.14. The predicted molar refractivity (Wildman–Crippen MR) is 83.2 cm³/mol. The minimum Gasteiger partial charge on any atom is -0.493 e. The normalized spacial score (nSPS) is 17.4. The number of hydrogen-bond acceptors (Lipinski definition) is 3. The molecule has 2 heterocycles. The van der Waals surface area contributed by atoms with E-state index in [2.05, 4.69) is 43.0 Å². The summed E-state index contributed by atoms with van der Waals surface area (Å²) in [7, 11) is 0. The van der Waals surface area contributed by atoms with Crippen LogP contribution in [-0.4, -0.2) is 16.4 Å². The predicted octanol–water partition coefficient (Wildman–Crippen LogP) is 3.33. The van der Waals surface area contributed by atoms with Crippen LogP contribution in [0.2, 0.25) is 0 Å². The Bertz CT molecular complexity index is 700. The van der Waals surface area contributed by atoms with Crippen molar-refractivity contribution in [3.63, 3.8) is 0 Å². The zero-order valence-electron chi connectivity index (χ0n) is 10.6. The molecule has 104 valence electrons. The SMILES string of the molecule is O=c1c(Br)c(Br)cnn1CC1CCOc2ccccc21. The first-order valence-corrected chi connectivity index (χ1v) is 7.88. The molecule has 0 aliphatic carbocycles. The summed E-state index contributed by atoms with van der Waals surface area (Å²) in [5.41, 5.74) is 1.02. The molecule has 0 fully saturated rings. The molecule has 3 rings (SSSR count). The second-order valence-electron chi connectivity index (χ2n) is 4.67. The van der Waals surface area contributed by atoms with E-state index in [1.807, 2.05) is 18.2 Å². The molecule has 0 amide bonds. The van der Waals surface area contributed by atoms with E-state index in [0.29, 0.717) is 22.1 Å². The van der Waals surface area contributed by atoms with Crippen LogP contribution < -0.4 is 10.3 Å². The van der Waals surface area contributed by atoms with Crippen LogP contribution in [0.5, 0.6) is 5.75 Å². The standard InChI is InChI=1S/C14H12Br2N2O2/c15-11-7-17-18(14(19)13(11)16)8-9-5-6-20-12-4-2-1-3-10(9)12/h1-4,7,9H,5-6,8H2. The molecule has 0 bridgehead atoms. The van der Waals surface area contributed by atoms with Crippen LogP contribution in [0.4, 0.5) is 0 Å². The molecule has 1 aliphatic heterocycles. The molecule has 2 aromatic rings. The number of aromatic nitrogens is 2. The molecule has 20 heavy (non-hydrogen) atoms. The first-order chi connectivity index (χ1) is 9.66. The quantitative estimate of drug-likeness (QED) is 0.777. The zero-order valence-corrected chi connectivity index (χ0v) is 13.7. The number of para-hydroxylation sites is 1. The number of rotatable bonds is 2. The lowest BCUT2D eigenvalue weighted by atomic mass is 9.93. The Morgan fingerprint density at radius 3 is 3.00 bits per heavy atom. The second kappa shape index (κ2) is 5.69. The fourth-order valence-corrected chi connectivity index (χ4v) is 2.96. The van der Waals surface area contributed by atoms with Crippen molar-refractivity contribution in [1.29, 1.82) is 0 Å². The fourth-order valence-electron chi connectivity index (χ4n) is 2.39. The lowest BCUT2D eigenvalue weighted by molar-refractivity contribution is 0.255. The first kappa shape index (κ1) is 13.8. The summed E-state index contributed by atoms with van der Waals surface area (Å²) in [4.78, 5) is 12.2. The summed E-state index contributed by atoms with van der Waals surface area (Å²) >= 11 is 6.57. The van der Waals surface area contributed by atoms with Gasteiger partial charge in [0, 0.05) is 5.92 Å². The number of benzene rings is 1. The molecule has 0 saturated heterocycles. The Balaban J connectivity index is 1.94. The van der Waals surface area contributed by atoms with Crippen LogP contribution in [0.3, 0.4) is 0 Å². The molecule has 1 aliphatic rings. The second-order valence-corrected chi connectivity index (χ2v) is 6.31. The van der Waals surface area contributed by atoms with Crippen molar-refractivity contribution in [1.82, 2.24) is 9.78 Å². The fraction of sp³-hybridized carbons (Fsp3) is 0.286. The lowest BCUT2D eigenvalue weighted by Crippen LogP contribution is -2.28. The summed E-state index contributed by atoms with van der Waals surface area (Å²) < 4.78 is 8.32. The molecule has 0 saturated carbocycles. The number of ether oxygens (including phenoxy) is 1.